The number of alkyl halides is 2. The molecule has 0 spiro atoms. The number of rotatable bonds is 3. The Morgan fingerprint density at radius 1 is 1.24 bits per heavy atom. The predicted octanol–water partition coefficient (Wildman–Crippen LogP) is 3.54. The highest BCUT2D eigenvalue weighted by atomic mass is 19.3. The summed E-state index contributed by atoms with van der Waals surface area (Å²) in [5.41, 5.74) is -0.271. The molecule has 1 aliphatic rings. The molecule has 0 bridgehead atoms. The highest BCUT2D eigenvalue weighted by Crippen LogP contribution is 2.44. The van der Waals surface area contributed by atoms with E-state index in [-0.39, 0.29) is 22.6 Å². The number of carbonyl (C=O) groups excluding carboxylic acids is 1. The van der Waals surface area contributed by atoms with Gasteiger partial charge in [-0.2, -0.15) is 8.78 Å². The lowest BCUT2D eigenvalue weighted by molar-refractivity contribution is -0.193. The molecule has 132 valence electrons. The largest absolute Gasteiger partial charge is 0.483 e. The summed E-state index contributed by atoms with van der Waals surface area (Å²) in [5, 5.41) is 9.73. The summed E-state index contributed by atoms with van der Waals surface area (Å²) in [6.45, 7) is 0.738. The van der Waals surface area contributed by atoms with E-state index in [1.54, 1.807) is 0 Å². The first-order chi connectivity index (χ1) is 11.7. The molecule has 0 saturated heterocycles. The molecule has 1 heterocycles. The van der Waals surface area contributed by atoms with Gasteiger partial charge < -0.3 is 9.84 Å². The number of benzene rings is 2. The van der Waals surface area contributed by atoms with Crippen LogP contribution < -0.4 is 9.64 Å². The number of aliphatic hydroxyl groups is 1. The first-order valence-corrected chi connectivity index (χ1v) is 7.34. The molecule has 8 heteroatoms. The second-order valence-corrected chi connectivity index (χ2v) is 5.62. The topological polar surface area (TPSA) is 49.8 Å². The maximum absolute atomic E-state index is 14.0. The number of hydrogen-bond acceptors (Lipinski definition) is 3. The summed E-state index contributed by atoms with van der Waals surface area (Å²) in [4.78, 5) is 12.7. The number of para-hydroxylation sites is 1. The SMILES string of the molecule is CC(O)c1cccc2c1OC(F)(F)C(=O)N2Cc1cc(F)ccc1F. The van der Waals surface area contributed by atoms with Gasteiger partial charge in [0.25, 0.3) is 0 Å². The zero-order valence-electron chi connectivity index (χ0n) is 13.0. The van der Waals surface area contributed by atoms with Crippen molar-refractivity contribution in [3.63, 3.8) is 0 Å². The second kappa shape index (κ2) is 6.03. The van der Waals surface area contributed by atoms with Gasteiger partial charge in [-0.1, -0.05) is 12.1 Å². The minimum absolute atomic E-state index is 0.0504. The minimum atomic E-state index is -4.19. The number of fused-ring (bicyclic) bond motifs is 1. The molecular weight excluding hydrogens is 342 g/mol. The molecule has 1 unspecified atom stereocenters. The van der Waals surface area contributed by atoms with E-state index < -0.39 is 36.3 Å². The number of halogens is 4. The van der Waals surface area contributed by atoms with E-state index in [1.165, 1.54) is 25.1 Å². The average Bonchev–Trinajstić information content (AvgIpc) is 2.54. The summed E-state index contributed by atoms with van der Waals surface area (Å²) in [6.07, 6.45) is -5.33. The highest BCUT2D eigenvalue weighted by Gasteiger charge is 2.51. The Labute approximate surface area is 140 Å². The predicted molar refractivity (Wildman–Crippen MR) is 80.2 cm³/mol. The molecule has 2 aromatic carbocycles. The molecule has 3 rings (SSSR count). The summed E-state index contributed by atoms with van der Waals surface area (Å²) in [7, 11) is 0. The van der Waals surface area contributed by atoms with Crippen molar-refractivity contribution in [2.24, 2.45) is 0 Å². The fourth-order valence-corrected chi connectivity index (χ4v) is 2.63. The van der Waals surface area contributed by atoms with Gasteiger partial charge in [-0.3, -0.25) is 9.69 Å². The number of anilines is 1. The lowest BCUT2D eigenvalue weighted by Crippen LogP contribution is -2.50. The fourth-order valence-electron chi connectivity index (χ4n) is 2.63. The van der Waals surface area contributed by atoms with Gasteiger partial charge in [0.1, 0.15) is 11.6 Å². The van der Waals surface area contributed by atoms with Gasteiger partial charge in [0, 0.05) is 11.1 Å². The monoisotopic (exact) mass is 355 g/mol. The number of hydrogen-bond donors (Lipinski definition) is 1. The Kier molecular flexibility index (Phi) is 4.16. The van der Waals surface area contributed by atoms with Crippen molar-refractivity contribution < 1.29 is 32.2 Å². The third-order valence-corrected chi connectivity index (χ3v) is 3.83. The Bertz CT molecular complexity index is 839. The van der Waals surface area contributed by atoms with Crippen LogP contribution in [0.4, 0.5) is 23.2 Å². The van der Waals surface area contributed by atoms with E-state index in [2.05, 4.69) is 4.74 Å². The van der Waals surface area contributed by atoms with Crippen LogP contribution in [0.5, 0.6) is 5.75 Å². The Morgan fingerprint density at radius 3 is 2.64 bits per heavy atom. The first-order valence-electron chi connectivity index (χ1n) is 7.34. The van der Waals surface area contributed by atoms with Crippen molar-refractivity contribution in [3.05, 3.63) is 59.2 Å². The average molecular weight is 355 g/mol. The molecule has 0 radical (unpaired) electrons. The lowest BCUT2D eigenvalue weighted by atomic mass is 10.1. The van der Waals surface area contributed by atoms with Gasteiger partial charge in [-0.25, -0.2) is 8.78 Å². The smallest absolute Gasteiger partial charge is 0.423 e. The molecule has 4 nitrogen and oxygen atoms in total. The van der Waals surface area contributed by atoms with E-state index in [1.807, 2.05) is 0 Å². The standard InChI is InChI=1S/C17H13F4NO3/c1-9(23)12-3-2-4-14-15(12)25-17(20,21)16(24)22(14)8-10-7-11(18)5-6-13(10)19/h2-7,9,23H,8H2,1H3. The number of carbonyl (C=O) groups is 1. The van der Waals surface area contributed by atoms with Gasteiger partial charge in [0.05, 0.1) is 18.3 Å². The molecule has 1 atom stereocenters. The van der Waals surface area contributed by atoms with Gasteiger partial charge in [-0.05, 0) is 31.2 Å². The number of aliphatic hydroxyl groups excluding tert-OH is 1. The Balaban J connectivity index is 2.12. The third-order valence-electron chi connectivity index (χ3n) is 3.83. The molecule has 1 aliphatic heterocycles. The van der Waals surface area contributed by atoms with E-state index in [0.717, 1.165) is 18.2 Å². The molecule has 0 saturated carbocycles. The molecule has 0 aromatic heterocycles. The van der Waals surface area contributed by atoms with Gasteiger partial charge in [0.15, 0.2) is 5.75 Å². The summed E-state index contributed by atoms with van der Waals surface area (Å²) in [5.74, 6) is -3.68. The van der Waals surface area contributed by atoms with Crippen LogP contribution in [-0.2, 0) is 11.3 Å². The molecule has 1 amide bonds. The normalized spacial score (nSPS) is 17.0. The molecular formula is C17H13F4NO3. The van der Waals surface area contributed by atoms with E-state index in [0.29, 0.717) is 4.90 Å². The van der Waals surface area contributed by atoms with Crippen LogP contribution >= 0.6 is 0 Å². The minimum Gasteiger partial charge on any atom is -0.423 e. The van der Waals surface area contributed by atoms with Crippen LogP contribution in [0.2, 0.25) is 0 Å². The van der Waals surface area contributed by atoms with Gasteiger partial charge in [0.2, 0.25) is 0 Å². The molecule has 25 heavy (non-hydrogen) atoms. The van der Waals surface area contributed by atoms with Crippen molar-refractivity contribution in [2.45, 2.75) is 25.7 Å². The highest BCUT2D eigenvalue weighted by molar-refractivity contribution is 6.01. The van der Waals surface area contributed by atoms with Crippen LogP contribution in [0, 0.1) is 11.6 Å². The van der Waals surface area contributed by atoms with Crippen molar-refractivity contribution in [1.82, 2.24) is 0 Å². The summed E-state index contributed by atoms with van der Waals surface area (Å²) >= 11 is 0. The van der Waals surface area contributed by atoms with Crippen molar-refractivity contribution in [1.29, 1.82) is 0 Å². The van der Waals surface area contributed by atoms with Crippen LogP contribution in [0.15, 0.2) is 36.4 Å². The van der Waals surface area contributed by atoms with Gasteiger partial charge in [-0.15, -0.1) is 0 Å². The number of ether oxygens (including phenoxy) is 1. The van der Waals surface area contributed by atoms with Crippen LogP contribution in [0.3, 0.4) is 0 Å². The van der Waals surface area contributed by atoms with E-state index in [9.17, 15) is 27.5 Å². The first kappa shape index (κ1) is 17.2. The maximum atomic E-state index is 14.0. The molecule has 0 aliphatic carbocycles. The summed E-state index contributed by atoms with van der Waals surface area (Å²) < 4.78 is 59.7. The number of nitrogens with zero attached hydrogens (tertiary/aromatic N) is 1. The molecule has 0 fully saturated rings. The maximum Gasteiger partial charge on any atom is 0.483 e. The van der Waals surface area contributed by atoms with E-state index >= 15 is 0 Å². The van der Waals surface area contributed by atoms with Crippen LogP contribution in [-0.4, -0.2) is 17.1 Å². The van der Waals surface area contributed by atoms with Crippen LogP contribution in [0.25, 0.3) is 0 Å². The van der Waals surface area contributed by atoms with E-state index in [4.69, 9.17) is 0 Å². The van der Waals surface area contributed by atoms with Crippen molar-refractivity contribution >= 4 is 11.6 Å². The zero-order chi connectivity index (χ0) is 18.4. The third kappa shape index (κ3) is 3.05. The Hall–Kier alpha value is -2.61. The quantitative estimate of drug-likeness (QED) is 0.857. The number of amides is 1. The molecule has 2 aromatic rings. The summed E-state index contributed by atoms with van der Waals surface area (Å²) in [6, 6.07) is 6.70. The van der Waals surface area contributed by atoms with Crippen molar-refractivity contribution in [2.75, 3.05) is 4.90 Å². The molecule has 1 N–H and O–H groups in total. The second-order valence-electron chi connectivity index (χ2n) is 5.62. The fraction of sp³-hybridized carbons (Fsp3) is 0.235. The zero-order valence-corrected chi connectivity index (χ0v) is 13.0. The van der Waals surface area contributed by atoms with Gasteiger partial charge >= 0.3 is 12.0 Å². The van der Waals surface area contributed by atoms with Crippen molar-refractivity contribution in [3.8, 4) is 5.75 Å². The lowest BCUT2D eigenvalue weighted by Gasteiger charge is -2.35. The van der Waals surface area contributed by atoms with Crippen LogP contribution in [0.1, 0.15) is 24.2 Å². The Morgan fingerprint density at radius 2 is 1.96 bits per heavy atom.